The van der Waals surface area contributed by atoms with Crippen molar-refractivity contribution in [1.29, 1.82) is 0 Å². The summed E-state index contributed by atoms with van der Waals surface area (Å²) in [7, 11) is 0. The monoisotopic (exact) mass is 380 g/mol. The number of hydrogen-bond acceptors (Lipinski definition) is 5. The van der Waals surface area contributed by atoms with E-state index in [4.69, 9.17) is 4.74 Å². The van der Waals surface area contributed by atoms with Gasteiger partial charge in [-0.15, -0.1) is 11.3 Å². The molecule has 27 heavy (non-hydrogen) atoms. The van der Waals surface area contributed by atoms with E-state index in [1.165, 1.54) is 0 Å². The molecule has 0 aliphatic carbocycles. The summed E-state index contributed by atoms with van der Waals surface area (Å²) in [6.45, 7) is 2.03. The predicted octanol–water partition coefficient (Wildman–Crippen LogP) is 4.56. The molecule has 0 radical (unpaired) electrons. The smallest absolute Gasteiger partial charge is 0.340 e. The molecule has 1 N–H and O–H groups in total. The zero-order valence-electron chi connectivity index (χ0n) is 15.0. The summed E-state index contributed by atoms with van der Waals surface area (Å²) in [4.78, 5) is 28.9. The summed E-state index contributed by atoms with van der Waals surface area (Å²) in [5, 5.41) is 5.70. The van der Waals surface area contributed by atoms with Gasteiger partial charge in [0.25, 0.3) is 0 Å². The van der Waals surface area contributed by atoms with Gasteiger partial charge in [0, 0.05) is 23.8 Å². The van der Waals surface area contributed by atoms with Crippen molar-refractivity contribution in [1.82, 2.24) is 4.98 Å². The number of nitrogens with zero attached hydrogens (tertiary/aromatic N) is 1. The normalized spacial score (nSPS) is 10.4. The van der Waals surface area contributed by atoms with Crippen LogP contribution in [0.2, 0.25) is 0 Å². The highest BCUT2D eigenvalue weighted by atomic mass is 32.1. The Balaban J connectivity index is 1.60. The number of esters is 1. The highest BCUT2D eigenvalue weighted by Crippen LogP contribution is 2.22. The number of para-hydroxylation sites is 1. The van der Waals surface area contributed by atoms with Crippen molar-refractivity contribution < 1.29 is 14.3 Å². The van der Waals surface area contributed by atoms with Gasteiger partial charge in [-0.25, -0.2) is 9.78 Å². The van der Waals surface area contributed by atoms with Crippen LogP contribution >= 0.6 is 11.3 Å². The molecule has 0 aliphatic rings. The van der Waals surface area contributed by atoms with E-state index in [2.05, 4.69) is 10.3 Å². The lowest BCUT2D eigenvalue weighted by Gasteiger charge is -2.10. The Kier molecular flexibility index (Phi) is 6.33. The second-order valence-corrected chi connectivity index (χ2v) is 6.75. The second kappa shape index (κ2) is 9.09. The van der Waals surface area contributed by atoms with Crippen molar-refractivity contribution in [3.63, 3.8) is 0 Å². The van der Waals surface area contributed by atoms with Crippen LogP contribution in [0.15, 0.2) is 60.0 Å². The fourth-order valence-corrected chi connectivity index (χ4v) is 3.39. The molecule has 1 amide bonds. The molecular formula is C21H20N2O3S. The highest BCUT2D eigenvalue weighted by Gasteiger charge is 2.14. The first kappa shape index (κ1) is 18.8. The number of nitrogens with one attached hydrogen (secondary N) is 1. The number of amides is 1. The van der Waals surface area contributed by atoms with Crippen LogP contribution in [0.25, 0.3) is 11.3 Å². The summed E-state index contributed by atoms with van der Waals surface area (Å²) in [5.74, 6) is -0.607. The maximum Gasteiger partial charge on any atom is 0.340 e. The van der Waals surface area contributed by atoms with Gasteiger partial charge in [0.2, 0.25) is 5.91 Å². The number of carbonyl (C=O) groups is 2. The molecule has 0 aliphatic heterocycles. The number of benzene rings is 2. The number of ether oxygens (including phenoxy) is 1. The van der Waals surface area contributed by atoms with Gasteiger partial charge >= 0.3 is 5.97 Å². The van der Waals surface area contributed by atoms with Gasteiger partial charge in [0.15, 0.2) is 0 Å². The average Bonchev–Trinajstić information content (AvgIpc) is 3.17. The molecule has 5 nitrogen and oxygen atoms in total. The summed E-state index contributed by atoms with van der Waals surface area (Å²) in [5.41, 5.74) is 2.80. The lowest BCUT2D eigenvalue weighted by Crippen LogP contribution is -2.16. The van der Waals surface area contributed by atoms with E-state index < -0.39 is 5.97 Å². The molecule has 0 unspecified atom stereocenters. The lowest BCUT2D eigenvalue weighted by molar-refractivity contribution is -0.116. The standard InChI is InChI=1S/C21H20N2O3S/c1-2-26-21(25)16-10-6-7-11-17(16)22-19(24)12-13-20-23-18(14-27-20)15-8-4-3-5-9-15/h3-11,14H,2,12-13H2,1H3,(H,22,24). The Bertz CT molecular complexity index is 922. The molecule has 1 aromatic heterocycles. The van der Waals surface area contributed by atoms with E-state index in [1.807, 2.05) is 35.7 Å². The van der Waals surface area contributed by atoms with Crippen molar-refractivity contribution in [2.24, 2.45) is 0 Å². The number of carbonyl (C=O) groups excluding carboxylic acids is 2. The molecule has 138 valence electrons. The van der Waals surface area contributed by atoms with Crippen LogP contribution in [0.1, 0.15) is 28.7 Å². The van der Waals surface area contributed by atoms with Crippen molar-refractivity contribution in [2.75, 3.05) is 11.9 Å². The SMILES string of the molecule is CCOC(=O)c1ccccc1NC(=O)CCc1nc(-c2ccccc2)cs1. The molecule has 1 heterocycles. The van der Waals surface area contributed by atoms with Crippen LogP contribution in [-0.4, -0.2) is 23.5 Å². The fraction of sp³-hybridized carbons (Fsp3) is 0.190. The average molecular weight is 380 g/mol. The quantitative estimate of drug-likeness (QED) is 0.610. The Morgan fingerprint density at radius 2 is 1.81 bits per heavy atom. The number of aryl methyl sites for hydroxylation is 1. The molecule has 0 saturated carbocycles. The third-order valence-corrected chi connectivity index (χ3v) is 4.79. The minimum Gasteiger partial charge on any atom is -0.462 e. The maximum absolute atomic E-state index is 12.3. The molecule has 3 aromatic rings. The van der Waals surface area contributed by atoms with Crippen molar-refractivity contribution in [2.45, 2.75) is 19.8 Å². The highest BCUT2D eigenvalue weighted by molar-refractivity contribution is 7.09. The fourth-order valence-electron chi connectivity index (χ4n) is 2.58. The Labute approximate surface area is 162 Å². The Hall–Kier alpha value is -2.99. The van der Waals surface area contributed by atoms with Crippen molar-refractivity contribution in [3.05, 3.63) is 70.5 Å². The van der Waals surface area contributed by atoms with Crippen LogP contribution < -0.4 is 5.32 Å². The Morgan fingerprint density at radius 1 is 1.07 bits per heavy atom. The molecule has 0 atom stereocenters. The van der Waals surface area contributed by atoms with Crippen LogP contribution in [0, 0.1) is 0 Å². The Morgan fingerprint density at radius 3 is 2.59 bits per heavy atom. The van der Waals surface area contributed by atoms with E-state index in [1.54, 1.807) is 42.5 Å². The van der Waals surface area contributed by atoms with E-state index in [9.17, 15) is 9.59 Å². The first-order valence-corrected chi connectivity index (χ1v) is 9.61. The molecule has 6 heteroatoms. The maximum atomic E-state index is 12.3. The molecular weight excluding hydrogens is 360 g/mol. The molecule has 3 rings (SSSR count). The van der Waals surface area contributed by atoms with Crippen LogP contribution in [0.4, 0.5) is 5.69 Å². The topological polar surface area (TPSA) is 68.3 Å². The van der Waals surface area contributed by atoms with Gasteiger partial charge in [-0.2, -0.15) is 0 Å². The summed E-state index contributed by atoms with van der Waals surface area (Å²) in [6.07, 6.45) is 0.837. The van der Waals surface area contributed by atoms with Gasteiger partial charge in [-0.1, -0.05) is 42.5 Å². The molecule has 0 bridgehead atoms. The molecule has 0 fully saturated rings. The predicted molar refractivity (Wildman–Crippen MR) is 107 cm³/mol. The third-order valence-electron chi connectivity index (χ3n) is 3.88. The molecule has 0 spiro atoms. The van der Waals surface area contributed by atoms with Crippen molar-refractivity contribution in [3.8, 4) is 11.3 Å². The second-order valence-electron chi connectivity index (χ2n) is 5.81. The molecule has 0 saturated heterocycles. The minimum absolute atomic E-state index is 0.164. The van der Waals surface area contributed by atoms with Crippen LogP contribution in [0.3, 0.4) is 0 Å². The zero-order valence-corrected chi connectivity index (χ0v) is 15.8. The summed E-state index contributed by atoms with van der Waals surface area (Å²) >= 11 is 1.54. The zero-order chi connectivity index (χ0) is 19.1. The third kappa shape index (κ3) is 5.01. The van der Waals surface area contributed by atoms with E-state index in [0.717, 1.165) is 16.3 Å². The first-order valence-electron chi connectivity index (χ1n) is 8.73. The molecule has 2 aromatic carbocycles. The summed E-state index contributed by atoms with van der Waals surface area (Å²) in [6, 6.07) is 16.8. The van der Waals surface area contributed by atoms with Gasteiger partial charge in [-0.3, -0.25) is 4.79 Å². The first-order chi connectivity index (χ1) is 13.2. The van der Waals surface area contributed by atoms with Crippen molar-refractivity contribution >= 4 is 28.9 Å². The van der Waals surface area contributed by atoms with E-state index in [-0.39, 0.29) is 12.5 Å². The van der Waals surface area contributed by atoms with E-state index in [0.29, 0.717) is 24.1 Å². The number of anilines is 1. The van der Waals surface area contributed by atoms with Crippen LogP contribution in [0.5, 0.6) is 0 Å². The number of rotatable bonds is 7. The summed E-state index contributed by atoms with van der Waals surface area (Å²) < 4.78 is 5.03. The van der Waals surface area contributed by atoms with Gasteiger partial charge in [0.1, 0.15) is 0 Å². The minimum atomic E-state index is -0.444. The van der Waals surface area contributed by atoms with Gasteiger partial charge in [-0.05, 0) is 19.1 Å². The van der Waals surface area contributed by atoms with Gasteiger partial charge in [0.05, 0.1) is 28.6 Å². The van der Waals surface area contributed by atoms with E-state index >= 15 is 0 Å². The number of thiazole rings is 1. The largest absolute Gasteiger partial charge is 0.462 e. The van der Waals surface area contributed by atoms with Crippen LogP contribution in [-0.2, 0) is 16.0 Å². The number of aromatic nitrogens is 1. The van der Waals surface area contributed by atoms with Gasteiger partial charge < -0.3 is 10.1 Å². The number of hydrogen-bond donors (Lipinski definition) is 1. The lowest BCUT2D eigenvalue weighted by atomic mass is 10.1.